The van der Waals surface area contributed by atoms with Gasteiger partial charge in [0.15, 0.2) is 5.78 Å². The zero-order valence-electron chi connectivity index (χ0n) is 23.4. The first-order chi connectivity index (χ1) is 16.9. The number of Topliss-reactive ketones (excluding diaryl/α,β-unsaturated/α-hetero) is 3. The predicted molar refractivity (Wildman–Crippen MR) is 137 cm³/mol. The molecule has 2 fully saturated rings. The molecule has 0 aromatic carbocycles. The number of hydrogen-bond acceptors (Lipinski definition) is 6. The lowest BCUT2D eigenvalue weighted by atomic mass is 9.42. The van der Waals surface area contributed by atoms with E-state index < -0.39 is 45.8 Å². The summed E-state index contributed by atoms with van der Waals surface area (Å²) in [4.78, 5) is 50.8. The van der Waals surface area contributed by atoms with Crippen LogP contribution in [0.15, 0.2) is 11.1 Å². The van der Waals surface area contributed by atoms with Crippen LogP contribution in [0.2, 0.25) is 0 Å². The quantitative estimate of drug-likeness (QED) is 0.484. The Morgan fingerprint density at radius 1 is 1.00 bits per heavy atom. The summed E-state index contributed by atoms with van der Waals surface area (Å²) in [5.41, 5.74) is -1.40. The van der Waals surface area contributed by atoms with Gasteiger partial charge in [0.2, 0.25) is 0 Å². The lowest BCUT2D eigenvalue weighted by Gasteiger charge is -2.61. The fraction of sp³-hybridized carbons (Fsp3) is 0.800. The van der Waals surface area contributed by atoms with E-state index in [4.69, 9.17) is 0 Å². The topological polar surface area (TPSA) is 129 Å². The van der Waals surface area contributed by atoms with E-state index in [0.717, 1.165) is 0 Å². The fourth-order valence-electron chi connectivity index (χ4n) is 9.20. The Labute approximate surface area is 220 Å². The second-order valence-electron chi connectivity index (χ2n) is 13.9. The number of hydrogen-bond donors (Lipinski definition) is 3. The Hall–Kier alpha value is -1.86. The van der Waals surface area contributed by atoms with Gasteiger partial charge >= 0.3 is 5.97 Å². The lowest BCUT2D eigenvalue weighted by Crippen LogP contribution is -2.60. The van der Waals surface area contributed by atoms with Crippen LogP contribution in [0, 0.1) is 45.3 Å². The zero-order chi connectivity index (χ0) is 27.9. The summed E-state index contributed by atoms with van der Waals surface area (Å²) in [5.74, 6) is -2.17. The van der Waals surface area contributed by atoms with Crippen LogP contribution in [-0.2, 0) is 19.2 Å². The van der Waals surface area contributed by atoms with Crippen molar-refractivity contribution < 1.29 is 34.5 Å². The molecule has 0 aromatic rings. The summed E-state index contributed by atoms with van der Waals surface area (Å²) in [6, 6.07) is 0. The number of aliphatic hydroxyl groups excluding tert-OH is 2. The van der Waals surface area contributed by atoms with Crippen molar-refractivity contribution in [2.24, 2.45) is 45.3 Å². The molecule has 37 heavy (non-hydrogen) atoms. The maximum Gasteiger partial charge on any atom is 0.306 e. The Morgan fingerprint density at radius 3 is 2.22 bits per heavy atom. The van der Waals surface area contributed by atoms with E-state index >= 15 is 0 Å². The average molecular weight is 517 g/mol. The lowest BCUT2D eigenvalue weighted by molar-refractivity contribution is -0.146. The van der Waals surface area contributed by atoms with Crippen molar-refractivity contribution in [1.29, 1.82) is 0 Å². The highest BCUT2D eigenvalue weighted by Crippen LogP contribution is 2.71. The normalized spacial score (nSPS) is 42.5. The van der Waals surface area contributed by atoms with Crippen molar-refractivity contribution in [2.45, 2.75) is 106 Å². The van der Waals surface area contributed by atoms with Crippen molar-refractivity contribution >= 4 is 23.3 Å². The highest BCUT2D eigenvalue weighted by Gasteiger charge is 2.70. The monoisotopic (exact) mass is 516 g/mol. The largest absolute Gasteiger partial charge is 0.481 e. The first kappa shape index (κ1) is 28.2. The van der Waals surface area contributed by atoms with E-state index in [1.807, 2.05) is 34.6 Å². The van der Waals surface area contributed by atoms with Crippen LogP contribution in [0.3, 0.4) is 0 Å². The Bertz CT molecular complexity index is 1070. The molecule has 4 rings (SSSR count). The van der Waals surface area contributed by atoms with E-state index in [-0.39, 0.29) is 54.4 Å². The van der Waals surface area contributed by atoms with Crippen molar-refractivity contribution in [3.05, 3.63) is 11.1 Å². The third-order valence-corrected chi connectivity index (χ3v) is 11.6. The van der Waals surface area contributed by atoms with E-state index in [0.29, 0.717) is 36.8 Å². The minimum atomic E-state index is -1.00. The van der Waals surface area contributed by atoms with E-state index in [9.17, 15) is 34.5 Å². The third-order valence-electron chi connectivity index (χ3n) is 11.6. The van der Waals surface area contributed by atoms with Crippen molar-refractivity contribution in [3.63, 3.8) is 0 Å². The van der Waals surface area contributed by atoms with Gasteiger partial charge in [0, 0.05) is 47.5 Å². The maximum absolute atomic E-state index is 14.1. The number of aliphatic carboxylic acids is 1. The summed E-state index contributed by atoms with van der Waals surface area (Å²) in [6.45, 7) is 13.4. The Morgan fingerprint density at radius 2 is 1.62 bits per heavy atom. The van der Waals surface area contributed by atoms with Crippen LogP contribution < -0.4 is 0 Å². The molecule has 0 bridgehead atoms. The van der Waals surface area contributed by atoms with Crippen molar-refractivity contribution in [2.75, 3.05) is 0 Å². The molecule has 4 aliphatic rings. The van der Waals surface area contributed by atoms with Crippen LogP contribution in [0.5, 0.6) is 0 Å². The van der Waals surface area contributed by atoms with Crippen LogP contribution in [0.4, 0.5) is 0 Å². The highest BCUT2D eigenvalue weighted by atomic mass is 16.4. The number of carboxylic acids is 1. The molecular weight excluding hydrogens is 472 g/mol. The average Bonchev–Trinajstić information content (AvgIpc) is 2.99. The van der Waals surface area contributed by atoms with Crippen molar-refractivity contribution in [3.8, 4) is 0 Å². The predicted octanol–water partition coefficient (Wildman–Crippen LogP) is 4.13. The third kappa shape index (κ3) is 3.82. The van der Waals surface area contributed by atoms with Crippen LogP contribution >= 0.6 is 0 Å². The van der Waals surface area contributed by atoms with Gasteiger partial charge < -0.3 is 15.3 Å². The molecule has 0 heterocycles. The molecule has 4 aliphatic carbocycles. The van der Waals surface area contributed by atoms with Gasteiger partial charge in [-0.2, -0.15) is 0 Å². The van der Waals surface area contributed by atoms with Gasteiger partial charge in [-0.25, -0.2) is 0 Å². The SMILES string of the molecule is C[C@H](CC(=O)C[C@@H](C)[C@H]1C[C@H](O)[C@]2(C)C3=C(C(=O)C[C@]12C)[C@@]1(C)CCC(=O)C(C)(C)[C@@H]1C[C@@H]3O)C(=O)O. The number of rotatable bonds is 6. The molecule has 2 saturated carbocycles. The van der Waals surface area contributed by atoms with Crippen molar-refractivity contribution in [1.82, 2.24) is 0 Å². The van der Waals surface area contributed by atoms with Gasteiger partial charge in [-0.05, 0) is 48.0 Å². The summed E-state index contributed by atoms with van der Waals surface area (Å²) in [6.07, 6.45) is 0.421. The first-order valence-corrected chi connectivity index (χ1v) is 13.8. The molecule has 0 aliphatic heterocycles. The zero-order valence-corrected chi connectivity index (χ0v) is 23.4. The number of fused-ring (bicyclic) bond motifs is 4. The molecule has 9 atom stereocenters. The molecule has 7 heteroatoms. The molecule has 0 aromatic heterocycles. The minimum absolute atomic E-state index is 0.0106. The van der Waals surface area contributed by atoms with Gasteiger partial charge in [0.25, 0.3) is 0 Å². The number of aliphatic hydroxyl groups is 2. The van der Waals surface area contributed by atoms with E-state index in [1.54, 1.807) is 0 Å². The fourth-order valence-corrected chi connectivity index (χ4v) is 9.20. The summed E-state index contributed by atoms with van der Waals surface area (Å²) < 4.78 is 0. The number of allylic oxidation sites excluding steroid dienone is 1. The number of ketones is 3. The number of carboxylic acid groups (broad SMARTS) is 1. The van der Waals surface area contributed by atoms with Gasteiger partial charge in [0.05, 0.1) is 18.1 Å². The standard InChI is InChI=1S/C30H44O7/c1-15(10-17(31)11-16(2)26(36)37)18-12-23(35)30(7)25-19(32)13-21-27(3,4)22(34)8-9-28(21,5)24(25)20(33)14-29(18,30)6/h15-16,18-19,21,23,32,35H,8-14H2,1-7H3,(H,36,37)/t15-,16-,18-,19+,21+,23+,28+,29-,30-/m1/s1. The Kier molecular flexibility index (Phi) is 6.72. The highest BCUT2D eigenvalue weighted by molar-refractivity contribution is 6.01. The minimum Gasteiger partial charge on any atom is -0.481 e. The molecule has 206 valence electrons. The molecule has 0 saturated heterocycles. The molecule has 0 spiro atoms. The molecule has 3 N–H and O–H groups in total. The van der Waals surface area contributed by atoms with Gasteiger partial charge in [-0.1, -0.05) is 48.5 Å². The van der Waals surface area contributed by atoms with Gasteiger partial charge in [-0.3, -0.25) is 19.2 Å². The summed E-state index contributed by atoms with van der Waals surface area (Å²) >= 11 is 0. The molecule has 0 amide bonds. The second-order valence-corrected chi connectivity index (χ2v) is 13.9. The van der Waals surface area contributed by atoms with Crippen LogP contribution in [-0.4, -0.2) is 50.8 Å². The van der Waals surface area contributed by atoms with Gasteiger partial charge in [-0.15, -0.1) is 0 Å². The second kappa shape index (κ2) is 8.84. The molecular formula is C30H44O7. The molecule has 0 radical (unpaired) electrons. The maximum atomic E-state index is 14.1. The smallest absolute Gasteiger partial charge is 0.306 e. The van der Waals surface area contributed by atoms with E-state index in [2.05, 4.69) is 6.92 Å². The van der Waals surface area contributed by atoms with Gasteiger partial charge in [0.1, 0.15) is 11.6 Å². The van der Waals surface area contributed by atoms with Crippen LogP contribution in [0.1, 0.15) is 93.4 Å². The number of carbonyl (C=O) groups excluding carboxylic acids is 3. The summed E-state index contributed by atoms with van der Waals surface area (Å²) in [5, 5.41) is 32.4. The van der Waals surface area contributed by atoms with Crippen LogP contribution in [0.25, 0.3) is 0 Å². The van der Waals surface area contributed by atoms with E-state index in [1.165, 1.54) is 6.92 Å². The molecule has 7 nitrogen and oxygen atoms in total. The first-order valence-electron chi connectivity index (χ1n) is 13.8. The molecule has 0 unspecified atom stereocenters. The number of carbonyl (C=O) groups is 4. The Balaban J connectivity index is 1.74. The summed E-state index contributed by atoms with van der Waals surface area (Å²) in [7, 11) is 0.